The zero-order valence-electron chi connectivity index (χ0n) is 23.5. The summed E-state index contributed by atoms with van der Waals surface area (Å²) >= 11 is 0. The Kier molecular flexibility index (Phi) is 12.2. The summed E-state index contributed by atoms with van der Waals surface area (Å²) in [4.78, 5) is 24.5. The lowest BCUT2D eigenvalue weighted by molar-refractivity contribution is -0.112. The number of fused-ring (bicyclic) bond motifs is 2. The highest BCUT2D eigenvalue weighted by atomic mass is 16.6. The van der Waals surface area contributed by atoms with Gasteiger partial charge < -0.3 is 40.6 Å². The quantitative estimate of drug-likeness (QED) is 0.284. The largest absolute Gasteiger partial charge is 0.507 e. The van der Waals surface area contributed by atoms with Gasteiger partial charge in [-0.15, -0.1) is 0 Å². The van der Waals surface area contributed by atoms with Gasteiger partial charge in [-0.05, 0) is 55.9 Å². The fourth-order valence-corrected chi connectivity index (χ4v) is 4.75. The predicted molar refractivity (Wildman–Crippen MR) is 148 cm³/mol. The fourth-order valence-electron chi connectivity index (χ4n) is 4.75. The van der Waals surface area contributed by atoms with E-state index in [2.05, 4.69) is 5.32 Å². The third-order valence-electron chi connectivity index (χ3n) is 6.91. The Morgan fingerprint density at radius 1 is 1.18 bits per heavy atom. The second kappa shape index (κ2) is 14.8. The molecule has 0 spiro atoms. The van der Waals surface area contributed by atoms with Crippen LogP contribution in [0, 0.1) is 11.8 Å². The number of ether oxygens (including phenoxy) is 3. The number of hydrogen-bond acceptors (Lipinski definition) is 8. The minimum Gasteiger partial charge on any atom is -0.507 e. The predicted octanol–water partition coefficient (Wildman–Crippen LogP) is 3.35. The summed E-state index contributed by atoms with van der Waals surface area (Å²) in [6.07, 6.45) is 3.51. The monoisotopic (exact) mass is 546 g/mol. The molecule has 0 fully saturated rings. The second-order valence-corrected chi connectivity index (χ2v) is 10.1. The van der Waals surface area contributed by atoms with Crippen molar-refractivity contribution in [3.05, 3.63) is 58.7 Å². The second-order valence-electron chi connectivity index (χ2n) is 10.1. The van der Waals surface area contributed by atoms with Crippen molar-refractivity contribution in [1.29, 1.82) is 0 Å². The van der Waals surface area contributed by atoms with Gasteiger partial charge in [-0.1, -0.05) is 38.2 Å². The Labute approximate surface area is 230 Å². The van der Waals surface area contributed by atoms with Crippen LogP contribution in [0.2, 0.25) is 0 Å². The number of carbonyl (C=O) groups excluding carboxylic acids is 2. The number of allylic oxidation sites excluding steroid dienone is 2. The van der Waals surface area contributed by atoms with E-state index in [0.717, 1.165) is 0 Å². The van der Waals surface area contributed by atoms with Gasteiger partial charge >= 0.3 is 6.09 Å². The fraction of sp³-hybridized carbons (Fsp3) is 0.517. The molecule has 1 aliphatic rings. The van der Waals surface area contributed by atoms with Gasteiger partial charge in [0.05, 0.1) is 18.8 Å². The van der Waals surface area contributed by atoms with Crippen LogP contribution >= 0.6 is 0 Å². The van der Waals surface area contributed by atoms with E-state index < -0.39 is 37.1 Å². The average molecular weight is 547 g/mol. The molecule has 0 saturated carbocycles. The molecule has 10 nitrogen and oxygen atoms in total. The van der Waals surface area contributed by atoms with E-state index in [1.807, 2.05) is 13.8 Å². The molecule has 0 unspecified atom stereocenters. The number of aliphatic hydroxyl groups excluding tert-OH is 2. The number of aliphatic hydroxyl groups is 2. The van der Waals surface area contributed by atoms with Crippen molar-refractivity contribution in [2.45, 2.75) is 71.6 Å². The number of nitrogens with two attached hydrogens (primary N) is 1. The van der Waals surface area contributed by atoms with Crippen molar-refractivity contribution >= 4 is 17.7 Å². The molecule has 2 amide bonds. The molecule has 6 N–H and O–H groups in total. The third-order valence-corrected chi connectivity index (χ3v) is 6.91. The highest BCUT2D eigenvalue weighted by molar-refractivity contribution is 6.03. The molecule has 216 valence electrons. The van der Waals surface area contributed by atoms with Gasteiger partial charge in [0, 0.05) is 37.0 Å². The normalized spacial score (nSPS) is 30.8. The van der Waals surface area contributed by atoms with E-state index >= 15 is 0 Å². The van der Waals surface area contributed by atoms with Crippen LogP contribution in [-0.4, -0.2) is 66.0 Å². The van der Waals surface area contributed by atoms with Crippen molar-refractivity contribution in [2.24, 2.45) is 17.6 Å². The van der Waals surface area contributed by atoms with Crippen molar-refractivity contribution in [3.8, 4) is 5.75 Å². The van der Waals surface area contributed by atoms with Gasteiger partial charge in [-0.3, -0.25) is 4.79 Å². The van der Waals surface area contributed by atoms with E-state index in [-0.39, 0.29) is 23.5 Å². The van der Waals surface area contributed by atoms with Crippen LogP contribution in [0.15, 0.2) is 47.6 Å². The number of methoxy groups -OCH3 is 2. The van der Waals surface area contributed by atoms with Crippen LogP contribution in [0.1, 0.15) is 45.2 Å². The smallest absolute Gasteiger partial charge is 0.405 e. The van der Waals surface area contributed by atoms with Crippen LogP contribution in [-0.2, 0) is 32.0 Å². The highest BCUT2D eigenvalue weighted by Gasteiger charge is 2.29. The summed E-state index contributed by atoms with van der Waals surface area (Å²) in [6.45, 7) is 6.79. The van der Waals surface area contributed by atoms with E-state index in [1.54, 1.807) is 44.2 Å². The van der Waals surface area contributed by atoms with Gasteiger partial charge in [0.25, 0.3) is 5.91 Å². The number of nitrogens with one attached hydrogen (secondary N) is 1. The molecule has 1 aliphatic heterocycles. The standard InChI is InChI=1S/C29H42N2O8/c1-16-10-20-13-22(14-21(15-32)26(20)34)31-28(35)17(2)8-7-9-23(37-5)27(39-29(30)36)19(4)12-18(3)25(33)24(11-16)38-6/h7-9,12-14,16,18,23-25,27,32-34H,10-11,15H2,1-6H3,(H2,30,36)(H,31,35)/b9-7-,17-8+,19-12+/t16-,18+,23+,24+,25-,27+/m1/s1. The first kappa shape index (κ1) is 32.0. The summed E-state index contributed by atoms with van der Waals surface area (Å²) in [5, 5.41) is 34.4. The summed E-state index contributed by atoms with van der Waals surface area (Å²) < 4.78 is 16.6. The highest BCUT2D eigenvalue weighted by Crippen LogP contribution is 2.31. The number of phenols is 1. The lowest BCUT2D eigenvalue weighted by Gasteiger charge is -2.29. The summed E-state index contributed by atoms with van der Waals surface area (Å²) in [5.41, 5.74) is 7.62. The molecule has 0 saturated heterocycles. The number of rotatable bonds is 4. The molecular weight excluding hydrogens is 504 g/mol. The summed E-state index contributed by atoms with van der Waals surface area (Å²) in [7, 11) is 2.98. The molecule has 0 aromatic heterocycles. The minimum absolute atomic E-state index is 0.0315. The first-order valence-electron chi connectivity index (χ1n) is 12.9. The van der Waals surface area contributed by atoms with Gasteiger partial charge in [0.2, 0.25) is 0 Å². The van der Waals surface area contributed by atoms with Crippen molar-refractivity contribution < 1.29 is 39.1 Å². The average Bonchev–Trinajstić information content (AvgIpc) is 2.88. The lowest BCUT2D eigenvalue weighted by Crippen LogP contribution is -2.37. The molecule has 6 atom stereocenters. The van der Waals surface area contributed by atoms with Gasteiger partial charge in [0.15, 0.2) is 6.10 Å². The van der Waals surface area contributed by atoms with Gasteiger partial charge in [-0.25, -0.2) is 4.79 Å². The number of anilines is 1. The van der Waals surface area contributed by atoms with Crippen molar-refractivity contribution in [2.75, 3.05) is 19.5 Å². The maximum absolute atomic E-state index is 12.9. The lowest BCUT2D eigenvalue weighted by atomic mass is 9.88. The zero-order chi connectivity index (χ0) is 29.3. The Bertz CT molecular complexity index is 1100. The van der Waals surface area contributed by atoms with Crippen LogP contribution < -0.4 is 11.1 Å². The van der Waals surface area contributed by atoms with E-state index in [0.29, 0.717) is 40.8 Å². The minimum atomic E-state index is -0.975. The molecule has 2 rings (SSSR count). The van der Waals surface area contributed by atoms with Crippen LogP contribution in [0.25, 0.3) is 0 Å². The molecule has 2 bridgehead atoms. The molecule has 39 heavy (non-hydrogen) atoms. The molecule has 10 heteroatoms. The summed E-state index contributed by atoms with van der Waals surface area (Å²) in [6, 6.07) is 3.21. The summed E-state index contributed by atoms with van der Waals surface area (Å²) in [5.74, 6) is -0.832. The van der Waals surface area contributed by atoms with E-state index in [9.17, 15) is 24.9 Å². The Morgan fingerprint density at radius 2 is 1.87 bits per heavy atom. The first-order valence-corrected chi connectivity index (χ1v) is 12.9. The van der Waals surface area contributed by atoms with E-state index in [4.69, 9.17) is 19.9 Å². The van der Waals surface area contributed by atoms with Crippen molar-refractivity contribution in [1.82, 2.24) is 0 Å². The Balaban J connectivity index is 2.59. The Morgan fingerprint density at radius 3 is 2.46 bits per heavy atom. The SMILES string of the molecule is CO[C@H]1/C=C\C=C(/C)C(=O)Nc2cc(CO)c(O)c(c2)C[C@@H](C)C[C@H](OC)[C@H](O)[C@@H](C)/C=C(\C)[C@@H]1OC(N)=O. The molecule has 1 heterocycles. The number of carbonyl (C=O) groups is 2. The number of benzene rings is 1. The van der Waals surface area contributed by atoms with Gasteiger partial charge in [-0.2, -0.15) is 0 Å². The van der Waals surface area contributed by atoms with Crippen molar-refractivity contribution in [3.63, 3.8) is 0 Å². The number of amides is 2. The molecule has 1 aromatic rings. The van der Waals surface area contributed by atoms with E-state index in [1.165, 1.54) is 20.3 Å². The topological polar surface area (TPSA) is 161 Å². The van der Waals surface area contributed by atoms with Crippen LogP contribution in [0.3, 0.4) is 0 Å². The van der Waals surface area contributed by atoms with Crippen LogP contribution in [0.5, 0.6) is 5.75 Å². The molecule has 0 aliphatic carbocycles. The number of hydrogen-bond donors (Lipinski definition) is 5. The Hall–Kier alpha value is -3.18. The third kappa shape index (κ3) is 8.93. The number of aromatic hydroxyl groups is 1. The maximum Gasteiger partial charge on any atom is 0.405 e. The van der Waals surface area contributed by atoms with Gasteiger partial charge in [0.1, 0.15) is 11.9 Å². The molecule has 0 radical (unpaired) electrons. The zero-order valence-corrected chi connectivity index (χ0v) is 23.5. The maximum atomic E-state index is 12.9. The first-order chi connectivity index (χ1) is 18.4. The van der Waals surface area contributed by atoms with Crippen LogP contribution in [0.4, 0.5) is 10.5 Å². The molecule has 1 aromatic carbocycles. The molecular formula is C29H42N2O8. The number of primary amides is 1.